The third-order valence-electron chi connectivity index (χ3n) is 2.22. The molecule has 0 radical (unpaired) electrons. The van der Waals surface area contributed by atoms with E-state index in [1.807, 2.05) is 13.8 Å². The van der Waals surface area contributed by atoms with Crippen LogP contribution in [-0.2, 0) is 17.1 Å². The first-order chi connectivity index (χ1) is 7.91. The largest absolute Gasteiger partial charge is 0.314 e. The van der Waals surface area contributed by atoms with Crippen molar-refractivity contribution in [2.45, 2.75) is 26.3 Å². The standard InChI is InChI=1S/C10H20N4O2S/c1-9(2)11-6-4-8-17(15,16)13-10-5-7-12-14(10)3/h5,7,9,11,13H,4,6,8H2,1-3H3. The zero-order valence-electron chi connectivity index (χ0n) is 10.5. The summed E-state index contributed by atoms with van der Waals surface area (Å²) in [7, 11) is -1.58. The number of nitrogens with one attached hydrogen (secondary N) is 2. The van der Waals surface area contributed by atoms with Crippen LogP contribution >= 0.6 is 0 Å². The molecule has 17 heavy (non-hydrogen) atoms. The van der Waals surface area contributed by atoms with Gasteiger partial charge in [0.25, 0.3) is 0 Å². The van der Waals surface area contributed by atoms with Gasteiger partial charge in [-0.2, -0.15) is 5.10 Å². The molecule has 0 aliphatic carbocycles. The zero-order chi connectivity index (χ0) is 12.9. The van der Waals surface area contributed by atoms with Gasteiger partial charge >= 0.3 is 0 Å². The van der Waals surface area contributed by atoms with E-state index in [1.54, 1.807) is 19.3 Å². The minimum atomic E-state index is -3.28. The molecule has 0 saturated heterocycles. The maximum atomic E-state index is 11.7. The predicted molar refractivity (Wildman–Crippen MR) is 68.4 cm³/mol. The summed E-state index contributed by atoms with van der Waals surface area (Å²) in [4.78, 5) is 0. The van der Waals surface area contributed by atoms with E-state index in [0.29, 0.717) is 24.8 Å². The highest BCUT2D eigenvalue weighted by molar-refractivity contribution is 7.92. The number of aryl methyl sites for hydroxylation is 1. The van der Waals surface area contributed by atoms with Crippen molar-refractivity contribution in [3.05, 3.63) is 12.3 Å². The molecule has 0 fully saturated rings. The van der Waals surface area contributed by atoms with Crippen molar-refractivity contribution in [2.24, 2.45) is 7.05 Å². The molecule has 0 unspecified atom stereocenters. The Morgan fingerprint density at radius 1 is 1.47 bits per heavy atom. The Morgan fingerprint density at radius 3 is 2.71 bits per heavy atom. The molecule has 0 aliphatic rings. The summed E-state index contributed by atoms with van der Waals surface area (Å²) >= 11 is 0. The van der Waals surface area contributed by atoms with Crippen LogP contribution < -0.4 is 10.0 Å². The van der Waals surface area contributed by atoms with Crippen molar-refractivity contribution < 1.29 is 8.42 Å². The molecule has 1 aromatic rings. The van der Waals surface area contributed by atoms with Crippen LogP contribution in [0, 0.1) is 0 Å². The maximum Gasteiger partial charge on any atom is 0.233 e. The Hall–Kier alpha value is -1.08. The molecule has 0 aliphatic heterocycles. The molecule has 1 heterocycles. The monoisotopic (exact) mass is 260 g/mol. The lowest BCUT2D eigenvalue weighted by Gasteiger charge is -2.09. The molecule has 0 spiro atoms. The molecule has 6 nitrogen and oxygen atoms in total. The highest BCUT2D eigenvalue weighted by atomic mass is 32.2. The van der Waals surface area contributed by atoms with Crippen molar-refractivity contribution in [3.63, 3.8) is 0 Å². The van der Waals surface area contributed by atoms with E-state index in [1.165, 1.54) is 4.68 Å². The highest BCUT2D eigenvalue weighted by Crippen LogP contribution is 2.07. The van der Waals surface area contributed by atoms with Crippen molar-refractivity contribution in [1.82, 2.24) is 15.1 Å². The molecule has 0 aromatic carbocycles. The first kappa shape index (κ1) is 14.0. The summed E-state index contributed by atoms with van der Waals surface area (Å²) in [5.41, 5.74) is 0. The second-order valence-electron chi connectivity index (χ2n) is 4.22. The van der Waals surface area contributed by atoms with Gasteiger partial charge in [0.05, 0.1) is 11.9 Å². The van der Waals surface area contributed by atoms with E-state index in [-0.39, 0.29) is 5.75 Å². The normalized spacial score (nSPS) is 12.0. The van der Waals surface area contributed by atoms with Gasteiger partial charge in [0, 0.05) is 19.2 Å². The summed E-state index contributed by atoms with van der Waals surface area (Å²) in [6, 6.07) is 2.01. The van der Waals surface area contributed by atoms with Gasteiger partial charge < -0.3 is 5.32 Å². The Bertz CT molecular complexity index is 439. The van der Waals surface area contributed by atoms with Gasteiger partial charge in [-0.3, -0.25) is 9.40 Å². The van der Waals surface area contributed by atoms with Gasteiger partial charge in [0.1, 0.15) is 5.82 Å². The molecule has 1 aromatic heterocycles. The molecule has 0 atom stereocenters. The van der Waals surface area contributed by atoms with Crippen LogP contribution in [0.25, 0.3) is 0 Å². The van der Waals surface area contributed by atoms with Crippen LogP contribution in [0.15, 0.2) is 12.3 Å². The Kier molecular flexibility index (Phi) is 4.95. The van der Waals surface area contributed by atoms with Gasteiger partial charge in [-0.1, -0.05) is 13.8 Å². The fraction of sp³-hybridized carbons (Fsp3) is 0.700. The number of hydrogen-bond acceptors (Lipinski definition) is 4. The Balaban J connectivity index is 2.39. The maximum absolute atomic E-state index is 11.7. The van der Waals surface area contributed by atoms with Crippen molar-refractivity contribution in [1.29, 1.82) is 0 Å². The van der Waals surface area contributed by atoms with Crippen molar-refractivity contribution >= 4 is 15.8 Å². The second kappa shape index (κ2) is 6.02. The van der Waals surface area contributed by atoms with Gasteiger partial charge in [-0.25, -0.2) is 8.42 Å². The van der Waals surface area contributed by atoms with E-state index in [4.69, 9.17) is 0 Å². The number of sulfonamides is 1. The quantitative estimate of drug-likeness (QED) is 0.702. The third kappa shape index (κ3) is 5.18. The highest BCUT2D eigenvalue weighted by Gasteiger charge is 2.11. The Morgan fingerprint density at radius 2 is 2.18 bits per heavy atom. The SMILES string of the molecule is CC(C)NCCCS(=O)(=O)Nc1ccnn1C. The minimum absolute atomic E-state index is 0.109. The number of aromatic nitrogens is 2. The first-order valence-electron chi connectivity index (χ1n) is 5.62. The molecule has 98 valence electrons. The first-order valence-corrected chi connectivity index (χ1v) is 7.28. The predicted octanol–water partition coefficient (Wildman–Crippen LogP) is 0.550. The summed E-state index contributed by atoms with van der Waals surface area (Å²) in [5.74, 6) is 0.597. The molecule has 1 rings (SSSR count). The van der Waals surface area contributed by atoms with Gasteiger partial charge in [0.15, 0.2) is 0 Å². The van der Waals surface area contributed by atoms with Crippen LogP contribution in [0.4, 0.5) is 5.82 Å². The fourth-order valence-corrected chi connectivity index (χ4v) is 2.48. The number of nitrogens with zero attached hydrogens (tertiary/aromatic N) is 2. The van der Waals surface area contributed by atoms with E-state index >= 15 is 0 Å². The molecular weight excluding hydrogens is 240 g/mol. The second-order valence-corrected chi connectivity index (χ2v) is 6.07. The number of rotatable bonds is 7. The average molecular weight is 260 g/mol. The van der Waals surface area contributed by atoms with Gasteiger partial charge in [-0.05, 0) is 13.0 Å². The fourth-order valence-electron chi connectivity index (χ4n) is 1.34. The van der Waals surface area contributed by atoms with Gasteiger partial charge in [-0.15, -0.1) is 0 Å². The molecule has 2 N–H and O–H groups in total. The molecule has 0 amide bonds. The summed E-state index contributed by atoms with van der Waals surface area (Å²) < 4.78 is 27.4. The molecule has 0 bridgehead atoms. The van der Waals surface area contributed by atoms with Gasteiger partial charge in [0.2, 0.25) is 10.0 Å². The topological polar surface area (TPSA) is 76.0 Å². The lowest BCUT2D eigenvalue weighted by Crippen LogP contribution is -2.27. The third-order valence-corrected chi connectivity index (χ3v) is 3.57. The average Bonchev–Trinajstić information content (AvgIpc) is 2.58. The van der Waals surface area contributed by atoms with E-state index in [2.05, 4.69) is 15.1 Å². The number of anilines is 1. The minimum Gasteiger partial charge on any atom is -0.314 e. The zero-order valence-corrected chi connectivity index (χ0v) is 11.3. The summed E-state index contributed by atoms with van der Waals surface area (Å²) in [6.07, 6.45) is 2.14. The van der Waals surface area contributed by atoms with E-state index in [0.717, 1.165) is 0 Å². The van der Waals surface area contributed by atoms with Crippen LogP contribution in [0.2, 0.25) is 0 Å². The number of hydrogen-bond donors (Lipinski definition) is 2. The van der Waals surface area contributed by atoms with Crippen molar-refractivity contribution in [3.8, 4) is 0 Å². The van der Waals surface area contributed by atoms with Crippen LogP contribution in [0.3, 0.4) is 0 Å². The summed E-state index contributed by atoms with van der Waals surface area (Å²) in [5, 5.41) is 7.08. The molecule has 7 heteroatoms. The lowest BCUT2D eigenvalue weighted by atomic mass is 10.4. The van der Waals surface area contributed by atoms with Crippen molar-refractivity contribution in [2.75, 3.05) is 17.0 Å². The van der Waals surface area contributed by atoms with Crippen LogP contribution in [0.5, 0.6) is 0 Å². The van der Waals surface area contributed by atoms with E-state index in [9.17, 15) is 8.42 Å². The summed E-state index contributed by atoms with van der Waals surface area (Å²) in [6.45, 7) is 4.76. The van der Waals surface area contributed by atoms with E-state index < -0.39 is 10.0 Å². The van der Waals surface area contributed by atoms with Crippen LogP contribution in [-0.4, -0.2) is 36.5 Å². The lowest BCUT2D eigenvalue weighted by molar-refractivity contribution is 0.570. The molecule has 0 saturated carbocycles. The van der Waals surface area contributed by atoms with Crippen LogP contribution in [0.1, 0.15) is 20.3 Å². The smallest absolute Gasteiger partial charge is 0.233 e. The Labute approximate surface area is 102 Å². The molecular formula is C10H20N4O2S.